The lowest BCUT2D eigenvalue weighted by Gasteiger charge is -2.22. The van der Waals surface area contributed by atoms with Crippen LogP contribution in [0.15, 0.2) is 18.2 Å². The van der Waals surface area contributed by atoms with Crippen LogP contribution in [0.4, 0.5) is 0 Å². The van der Waals surface area contributed by atoms with Crippen molar-refractivity contribution >= 4 is 11.6 Å². The summed E-state index contributed by atoms with van der Waals surface area (Å²) < 4.78 is 0. The Bertz CT molecular complexity index is 339. The first kappa shape index (κ1) is 12.5. The van der Waals surface area contributed by atoms with E-state index in [0.717, 1.165) is 0 Å². The van der Waals surface area contributed by atoms with Gasteiger partial charge in [-0.25, -0.2) is 0 Å². The van der Waals surface area contributed by atoms with Gasteiger partial charge in [0.2, 0.25) is 0 Å². The van der Waals surface area contributed by atoms with Gasteiger partial charge in [0.05, 0.1) is 0 Å². The Labute approximate surface area is 97.8 Å². The molecule has 0 spiro atoms. The quantitative estimate of drug-likeness (QED) is 0.597. The molecule has 0 radical (unpaired) electrons. The molecule has 1 aromatic rings. The van der Waals surface area contributed by atoms with E-state index >= 15 is 0 Å². The Hall–Kier alpha value is -0.530. The maximum absolute atomic E-state index is 6.21. The van der Waals surface area contributed by atoms with Gasteiger partial charge in [-0.1, -0.05) is 39.0 Å². The summed E-state index contributed by atoms with van der Waals surface area (Å²) in [6.45, 7) is 8.73. The van der Waals surface area contributed by atoms with Crippen LogP contribution in [-0.2, 0) is 5.41 Å². The van der Waals surface area contributed by atoms with Gasteiger partial charge in [-0.2, -0.15) is 0 Å². The summed E-state index contributed by atoms with van der Waals surface area (Å²) >= 11 is 6.21. The van der Waals surface area contributed by atoms with Crippen LogP contribution in [0, 0.1) is 6.92 Å². The summed E-state index contributed by atoms with van der Waals surface area (Å²) in [6.07, 6.45) is 0. The molecular weight excluding hydrogens is 206 g/mol. The minimum atomic E-state index is -0.104. The molecule has 0 heterocycles. The second-order valence-electron chi connectivity index (χ2n) is 4.97. The van der Waals surface area contributed by atoms with Crippen LogP contribution in [0.3, 0.4) is 0 Å². The van der Waals surface area contributed by atoms with E-state index < -0.39 is 0 Å². The van der Waals surface area contributed by atoms with E-state index in [1.165, 1.54) is 16.7 Å². The van der Waals surface area contributed by atoms with Crippen molar-refractivity contribution in [1.82, 2.24) is 5.32 Å². The highest BCUT2D eigenvalue weighted by Crippen LogP contribution is 2.28. The van der Waals surface area contributed by atoms with Crippen molar-refractivity contribution in [2.24, 2.45) is 0 Å². The summed E-state index contributed by atoms with van der Waals surface area (Å²) in [4.78, 5) is 0. The lowest BCUT2D eigenvalue weighted by molar-refractivity contribution is 0.588. The number of aryl methyl sites for hydroxylation is 1. The minimum Gasteiger partial charge on any atom is -0.301 e. The largest absolute Gasteiger partial charge is 0.301 e. The van der Waals surface area contributed by atoms with Gasteiger partial charge in [0.1, 0.15) is 5.50 Å². The molecule has 84 valence electrons. The molecule has 1 atom stereocenters. The first-order valence-corrected chi connectivity index (χ1v) is 5.72. The normalized spacial score (nSPS) is 14.0. The van der Waals surface area contributed by atoms with Crippen molar-refractivity contribution < 1.29 is 0 Å². The Morgan fingerprint density at radius 1 is 1.27 bits per heavy atom. The molecule has 1 N–H and O–H groups in total. The molecule has 1 nitrogen and oxygen atoms in total. The molecule has 0 aliphatic carbocycles. The number of hydrogen-bond acceptors (Lipinski definition) is 1. The smallest absolute Gasteiger partial charge is 0.108 e. The molecule has 1 rings (SSSR count). The molecule has 2 heteroatoms. The van der Waals surface area contributed by atoms with E-state index in [1.807, 2.05) is 7.05 Å². The van der Waals surface area contributed by atoms with Crippen LogP contribution in [0.5, 0.6) is 0 Å². The van der Waals surface area contributed by atoms with Crippen molar-refractivity contribution in [3.8, 4) is 0 Å². The molecule has 0 amide bonds. The highest BCUT2D eigenvalue weighted by atomic mass is 35.5. The van der Waals surface area contributed by atoms with E-state index in [2.05, 4.69) is 51.2 Å². The molecule has 0 aliphatic heterocycles. The molecule has 0 fully saturated rings. The van der Waals surface area contributed by atoms with E-state index in [0.29, 0.717) is 0 Å². The Morgan fingerprint density at radius 3 is 2.33 bits per heavy atom. The van der Waals surface area contributed by atoms with E-state index in [4.69, 9.17) is 11.6 Å². The van der Waals surface area contributed by atoms with Crippen molar-refractivity contribution in [2.45, 2.75) is 38.6 Å². The van der Waals surface area contributed by atoms with Gasteiger partial charge in [-0.3, -0.25) is 0 Å². The highest BCUT2D eigenvalue weighted by molar-refractivity contribution is 6.20. The molecule has 1 unspecified atom stereocenters. The number of halogens is 1. The second kappa shape index (κ2) is 4.54. The van der Waals surface area contributed by atoms with Crippen molar-refractivity contribution in [2.75, 3.05) is 7.05 Å². The second-order valence-corrected chi connectivity index (χ2v) is 5.41. The summed E-state index contributed by atoms with van der Waals surface area (Å²) in [7, 11) is 1.88. The van der Waals surface area contributed by atoms with Gasteiger partial charge < -0.3 is 5.32 Å². The molecule has 0 saturated carbocycles. The Balaban J connectivity index is 3.17. The van der Waals surface area contributed by atoms with Crippen LogP contribution in [0.2, 0.25) is 0 Å². The molecule has 0 saturated heterocycles. The van der Waals surface area contributed by atoms with Crippen molar-refractivity contribution in [3.63, 3.8) is 0 Å². The fraction of sp³-hybridized carbons (Fsp3) is 0.538. The zero-order chi connectivity index (χ0) is 11.6. The fourth-order valence-corrected chi connectivity index (χ4v) is 1.77. The maximum atomic E-state index is 6.21. The van der Waals surface area contributed by atoms with E-state index in [1.54, 1.807) is 0 Å². The molecular formula is C13H20ClN. The predicted molar refractivity (Wildman–Crippen MR) is 67.5 cm³/mol. The van der Waals surface area contributed by atoms with Crippen LogP contribution >= 0.6 is 11.6 Å². The van der Waals surface area contributed by atoms with Gasteiger partial charge in [0, 0.05) is 0 Å². The van der Waals surface area contributed by atoms with Gasteiger partial charge >= 0.3 is 0 Å². The van der Waals surface area contributed by atoms with Gasteiger partial charge in [0.25, 0.3) is 0 Å². The number of nitrogens with one attached hydrogen (secondary N) is 1. The molecule has 15 heavy (non-hydrogen) atoms. The summed E-state index contributed by atoms with van der Waals surface area (Å²) in [5.74, 6) is 0. The van der Waals surface area contributed by atoms with Gasteiger partial charge in [-0.05, 0) is 36.1 Å². The number of alkyl halides is 1. The van der Waals surface area contributed by atoms with Gasteiger partial charge in [0.15, 0.2) is 0 Å². The first-order valence-electron chi connectivity index (χ1n) is 5.28. The van der Waals surface area contributed by atoms with E-state index in [-0.39, 0.29) is 10.9 Å². The molecule has 0 aromatic heterocycles. The topological polar surface area (TPSA) is 12.0 Å². The third-order valence-electron chi connectivity index (χ3n) is 2.67. The summed E-state index contributed by atoms with van der Waals surface area (Å²) in [5, 5.41) is 3.07. The van der Waals surface area contributed by atoms with E-state index in [9.17, 15) is 0 Å². The highest BCUT2D eigenvalue weighted by Gasteiger charge is 2.16. The zero-order valence-electron chi connectivity index (χ0n) is 10.2. The van der Waals surface area contributed by atoms with Crippen molar-refractivity contribution in [1.29, 1.82) is 0 Å². The number of hydrogen-bond donors (Lipinski definition) is 1. The summed E-state index contributed by atoms with van der Waals surface area (Å²) in [6, 6.07) is 6.52. The molecule has 0 aliphatic rings. The van der Waals surface area contributed by atoms with Crippen LogP contribution in [-0.4, -0.2) is 7.05 Å². The SMILES string of the molecule is CNC(Cl)c1cc(C(C)(C)C)ccc1C. The summed E-state index contributed by atoms with van der Waals surface area (Å²) in [5.41, 5.74) is 3.80. The number of benzene rings is 1. The Kier molecular flexibility index (Phi) is 3.80. The number of rotatable bonds is 2. The average Bonchev–Trinajstić information content (AvgIpc) is 2.15. The fourth-order valence-electron chi connectivity index (χ4n) is 1.54. The average molecular weight is 226 g/mol. The van der Waals surface area contributed by atoms with Crippen LogP contribution in [0.1, 0.15) is 43.0 Å². The van der Waals surface area contributed by atoms with Gasteiger partial charge in [-0.15, -0.1) is 11.6 Å². The minimum absolute atomic E-state index is 0.104. The van der Waals surface area contributed by atoms with Crippen molar-refractivity contribution in [3.05, 3.63) is 34.9 Å². The predicted octanol–water partition coefficient (Wildman–Crippen LogP) is 3.75. The standard InChI is InChI=1S/C13H20ClN/c1-9-6-7-10(13(2,3)4)8-11(9)12(14)15-5/h6-8,12,15H,1-5H3. The lowest BCUT2D eigenvalue weighted by atomic mass is 9.85. The Morgan fingerprint density at radius 2 is 1.87 bits per heavy atom. The lowest BCUT2D eigenvalue weighted by Crippen LogP contribution is -2.15. The molecule has 0 bridgehead atoms. The third-order valence-corrected chi connectivity index (χ3v) is 3.13. The molecule has 1 aromatic carbocycles. The first-order chi connectivity index (χ1) is 6.86. The monoisotopic (exact) mass is 225 g/mol. The zero-order valence-corrected chi connectivity index (χ0v) is 10.9. The third kappa shape index (κ3) is 2.96. The van der Waals surface area contributed by atoms with Crippen LogP contribution < -0.4 is 5.32 Å². The van der Waals surface area contributed by atoms with Crippen LogP contribution in [0.25, 0.3) is 0 Å². The maximum Gasteiger partial charge on any atom is 0.108 e.